The normalized spacial score (nSPS) is 25.1. The van der Waals surface area contributed by atoms with Crippen LogP contribution in [0.15, 0.2) is 47.4 Å². The van der Waals surface area contributed by atoms with Crippen molar-refractivity contribution in [2.75, 3.05) is 0 Å². The summed E-state index contributed by atoms with van der Waals surface area (Å²) in [6, 6.07) is 9.39. The Kier molecular flexibility index (Phi) is 4.39. The van der Waals surface area contributed by atoms with Crippen LogP contribution in [0.1, 0.15) is 53.3 Å². The monoisotopic (exact) mass is 428 g/mol. The lowest BCUT2D eigenvalue weighted by Crippen LogP contribution is -2.55. The molecule has 31 heavy (non-hydrogen) atoms. The van der Waals surface area contributed by atoms with Gasteiger partial charge in [-0.05, 0) is 49.3 Å². The summed E-state index contributed by atoms with van der Waals surface area (Å²) < 4.78 is 37.8. The fourth-order valence-corrected chi connectivity index (χ4v) is 5.01. The number of H-pyrrole nitrogens is 1. The van der Waals surface area contributed by atoms with Gasteiger partial charge in [0.2, 0.25) is 0 Å². The zero-order valence-corrected chi connectivity index (χ0v) is 16.4. The number of carbonyl (C=O) groups is 1. The molecule has 2 heterocycles. The first-order chi connectivity index (χ1) is 14.7. The van der Waals surface area contributed by atoms with Crippen molar-refractivity contribution in [2.45, 2.75) is 43.8 Å². The average molecular weight is 428 g/mol. The van der Waals surface area contributed by atoms with Gasteiger partial charge in [-0.15, -0.1) is 0 Å². The summed E-state index contributed by atoms with van der Waals surface area (Å²) in [6.45, 7) is 0. The topological polar surface area (TPSA) is 87.7 Å². The third-order valence-electron chi connectivity index (χ3n) is 6.48. The summed E-state index contributed by atoms with van der Waals surface area (Å²) in [5.74, 6) is -0.150. The molecule has 1 amide bonds. The van der Waals surface area contributed by atoms with Crippen LogP contribution in [-0.4, -0.2) is 27.1 Å². The number of hydrogen-bond donors (Lipinski definition) is 2. The summed E-state index contributed by atoms with van der Waals surface area (Å²) in [5.41, 5.74) is -0.0403. The number of amides is 1. The van der Waals surface area contributed by atoms with Gasteiger partial charge in [0.15, 0.2) is 0 Å². The Morgan fingerprint density at radius 1 is 1.06 bits per heavy atom. The molecule has 2 saturated carbocycles. The maximum absolute atomic E-state index is 12.6. The first kappa shape index (κ1) is 19.7. The van der Waals surface area contributed by atoms with Crippen molar-refractivity contribution in [1.29, 1.82) is 0 Å². The number of nitrogens with one attached hydrogen (secondary N) is 2. The number of nitrogens with zero attached hydrogens (tertiary/aromatic N) is 2. The molecule has 0 atom stereocenters. The smallest absolute Gasteiger partial charge is 0.349 e. The fourth-order valence-electron chi connectivity index (χ4n) is 5.01. The van der Waals surface area contributed by atoms with Gasteiger partial charge in [0.05, 0.1) is 16.6 Å². The van der Waals surface area contributed by atoms with Crippen LogP contribution in [0.5, 0.6) is 0 Å². The molecule has 3 aromatic rings. The Morgan fingerprint density at radius 2 is 1.77 bits per heavy atom. The molecule has 0 aliphatic heterocycles. The number of benzene rings is 1. The molecule has 0 bridgehead atoms. The van der Waals surface area contributed by atoms with E-state index in [1.807, 2.05) is 18.2 Å². The molecule has 2 aromatic heterocycles. The highest BCUT2D eigenvalue weighted by molar-refractivity contribution is 5.94. The highest BCUT2D eigenvalue weighted by Gasteiger charge is 2.54. The highest BCUT2D eigenvalue weighted by atomic mass is 19.4. The van der Waals surface area contributed by atoms with Crippen LogP contribution in [0, 0.1) is 5.41 Å². The largest absolute Gasteiger partial charge is 0.433 e. The van der Waals surface area contributed by atoms with Crippen molar-refractivity contribution in [3.63, 3.8) is 0 Å². The van der Waals surface area contributed by atoms with E-state index < -0.39 is 17.8 Å². The Labute approximate surface area is 174 Å². The lowest BCUT2D eigenvalue weighted by atomic mass is 9.49. The third kappa shape index (κ3) is 3.47. The standard InChI is InChI=1S/C22H19F3N4O2/c23-22(24,25)17-6-5-12(11-26-17)19(30)27-14-9-21(10-14)7-13(8-21)18-15-3-1-2-4-16(15)20(31)29-28-18/h1-6,11,13-14H,7-10H2,(H,27,30)(H,29,31)/t13-,14-,21?. The van der Waals surface area contributed by atoms with Crippen molar-refractivity contribution in [2.24, 2.45) is 5.41 Å². The molecular formula is C22H19F3N4O2. The molecule has 160 valence electrons. The van der Waals surface area contributed by atoms with E-state index in [4.69, 9.17) is 0 Å². The Morgan fingerprint density at radius 3 is 2.42 bits per heavy atom. The maximum atomic E-state index is 12.6. The molecular weight excluding hydrogens is 409 g/mol. The van der Waals surface area contributed by atoms with Crippen LogP contribution in [0.25, 0.3) is 10.8 Å². The van der Waals surface area contributed by atoms with E-state index in [9.17, 15) is 22.8 Å². The first-order valence-corrected chi connectivity index (χ1v) is 10.1. The van der Waals surface area contributed by atoms with Crippen molar-refractivity contribution < 1.29 is 18.0 Å². The molecule has 2 aliphatic rings. The van der Waals surface area contributed by atoms with Crippen LogP contribution < -0.4 is 10.9 Å². The minimum Gasteiger partial charge on any atom is -0.349 e. The molecule has 2 aliphatic carbocycles. The first-order valence-electron chi connectivity index (χ1n) is 10.1. The third-order valence-corrected chi connectivity index (χ3v) is 6.48. The van der Waals surface area contributed by atoms with Crippen LogP contribution in [0.4, 0.5) is 13.2 Å². The summed E-state index contributed by atoms with van der Waals surface area (Å²) in [7, 11) is 0. The molecule has 1 aromatic carbocycles. The number of rotatable bonds is 3. The van der Waals surface area contributed by atoms with Gasteiger partial charge in [-0.2, -0.15) is 18.3 Å². The zero-order chi connectivity index (χ0) is 21.8. The fraction of sp³-hybridized carbons (Fsp3) is 0.364. The second kappa shape index (κ2) is 6.90. The van der Waals surface area contributed by atoms with Crippen molar-refractivity contribution in [3.05, 3.63) is 69.9 Å². The van der Waals surface area contributed by atoms with Gasteiger partial charge in [-0.3, -0.25) is 14.6 Å². The van der Waals surface area contributed by atoms with Gasteiger partial charge in [-0.1, -0.05) is 18.2 Å². The van der Waals surface area contributed by atoms with Gasteiger partial charge in [0, 0.05) is 23.5 Å². The summed E-state index contributed by atoms with van der Waals surface area (Å²) in [6.07, 6.45) is -0.0509. The second-order valence-electron chi connectivity index (χ2n) is 8.60. The van der Waals surface area contributed by atoms with Gasteiger partial charge in [0.1, 0.15) is 5.69 Å². The Balaban J connectivity index is 1.19. The Bertz CT molecular complexity index is 1210. The molecule has 6 nitrogen and oxygen atoms in total. The lowest BCUT2D eigenvalue weighted by Gasteiger charge is -2.57. The molecule has 9 heteroatoms. The SMILES string of the molecule is O=C(N[C@H]1CC2(C1)C[C@H](c1n[nH]c(=O)c3ccccc31)C2)c1ccc(C(F)(F)F)nc1. The quantitative estimate of drug-likeness (QED) is 0.665. The molecule has 2 fully saturated rings. The number of alkyl halides is 3. The number of pyridine rings is 1. The van der Waals surface area contributed by atoms with Crippen LogP contribution in [0.3, 0.4) is 0 Å². The molecule has 2 N–H and O–H groups in total. The zero-order valence-electron chi connectivity index (χ0n) is 16.4. The van der Waals surface area contributed by atoms with Gasteiger partial charge >= 0.3 is 6.18 Å². The number of aromatic amines is 1. The highest BCUT2D eigenvalue weighted by Crippen LogP contribution is 2.62. The number of aromatic nitrogens is 3. The van der Waals surface area contributed by atoms with Crippen LogP contribution in [0.2, 0.25) is 0 Å². The van der Waals surface area contributed by atoms with Crippen LogP contribution in [-0.2, 0) is 6.18 Å². The van der Waals surface area contributed by atoms with Gasteiger partial charge < -0.3 is 5.32 Å². The molecule has 0 saturated heterocycles. The van der Waals surface area contributed by atoms with Crippen molar-refractivity contribution in [1.82, 2.24) is 20.5 Å². The summed E-state index contributed by atoms with van der Waals surface area (Å²) >= 11 is 0. The lowest BCUT2D eigenvalue weighted by molar-refractivity contribution is -0.141. The van der Waals surface area contributed by atoms with E-state index in [1.165, 1.54) is 0 Å². The number of fused-ring (bicyclic) bond motifs is 1. The van der Waals surface area contributed by atoms with Crippen LogP contribution >= 0.6 is 0 Å². The van der Waals surface area contributed by atoms with E-state index in [1.54, 1.807) is 6.07 Å². The number of halogens is 3. The maximum Gasteiger partial charge on any atom is 0.433 e. The van der Waals surface area contributed by atoms with E-state index in [-0.39, 0.29) is 28.5 Å². The minimum absolute atomic E-state index is 0.00368. The Hall–Kier alpha value is -3.23. The van der Waals surface area contributed by atoms with Gasteiger partial charge in [0.25, 0.3) is 11.5 Å². The minimum atomic E-state index is -4.53. The van der Waals surface area contributed by atoms with E-state index in [2.05, 4.69) is 20.5 Å². The summed E-state index contributed by atoms with van der Waals surface area (Å²) in [5, 5.41) is 11.3. The average Bonchev–Trinajstić information content (AvgIpc) is 2.69. The predicted octanol–water partition coefficient (Wildman–Crippen LogP) is 3.79. The molecule has 1 spiro atoms. The van der Waals surface area contributed by atoms with Crippen molar-refractivity contribution in [3.8, 4) is 0 Å². The predicted molar refractivity (Wildman–Crippen MR) is 106 cm³/mol. The molecule has 0 radical (unpaired) electrons. The summed E-state index contributed by atoms with van der Waals surface area (Å²) in [4.78, 5) is 27.6. The van der Waals surface area contributed by atoms with E-state index >= 15 is 0 Å². The molecule has 5 rings (SSSR count). The van der Waals surface area contributed by atoms with Gasteiger partial charge in [-0.25, -0.2) is 5.10 Å². The second-order valence-corrected chi connectivity index (χ2v) is 8.60. The van der Waals surface area contributed by atoms with Crippen molar-refractivity contribution >= 4 is 16.7 Å². The number of carbonyl (C=O) groups excluding carboxylic acids is 1. The molecule has 0 unspecified atom stereocenters. The van der Waals surface area contributed by atoms with E-state index in [0.29, 0.717) is 5.39 Å². The number of hydrogen-bond acceptors (Lipinski definition) is 4. The van der Waals surface area contributed by atoms with E-state index in [0.717, 1.165) is 55.1 Å².